The van der Waals surface area contributed by atoms with Crippen molar-refractivity contribution in [3.63, 3.8) is 0 Å². The van der Waals surface area contributed by atoms with Crippen molar-refractivity contribution in [1.82, 2.24) is 0 Å². The predicted octanol–water partition coefficient (Wildman–Crippen LogP) is 3.03. The van der Waals surface area contributed by atoms with Crippen LogP contribution in [0.15, 0.2) is 0 Å². The Labute approximate surface area is 87.8 Å². The number of rotatable bonds is 8. The molecule has 0 aromatic carbocycles. The Morgan fingerprint density at radius 2 is 1.20 bits per heavy atom. The Bertz CT molecular complexity index is 151. The summed E-state index contributed by atoms with van der Waals surface area (Å²) in [6, 6.07) is 0. The van der Waals surface area contributed by atoms with Crippen LogP contribution in [0.4, 0.5) is 17.6 Å². The molecule has 0 unspecified atom stereocenters. The summed E-state index contributed by atoms with van der Waals surface area (Å²) in [6.45, 7) is 3.10. The van der Waals surface area contributed by atoms with Crippen LogP contribution >= 0.6 is 0 Å². The zero-order chi connectivity index (χ0) is 11.9. The van der Waals surface area contributed by atoms with Gasteiger partial charge in [0, 0.05) is 26.1 Å². The first kappa shape index (κ1) is 14.9. The minimum Gasteiger partial charge on any atom is -0.394 e. The van der Waals surface area contributed by atoms with Crippen molar-refractivity contribution in [1.29, 1.82) is 0 Å². The van der Waals surface area contributed by atoms with E-state index in [1.54, 1.807) is 13.1 Å². The largest absolute Gasteiger partial charge is 0.394 e. The van der Waals surface area contributed by atoms with Crippen molar-refractivity contribution in [2.45, 2.75) is 38.8 Å². The van der Waals surface area contributed by atoms with Crippen LogP contribution < -0.4 is 0 Å². The van der Waals surface area contributed by atoms with E-state index < -0.39 is 21.4 Å². The molecule has 0 aromatic rings. The summed E-state index contributed by atoms with van der Waals surface area (Å²) in [4.78, 5) is 0. The van der Waals surface area contributed by atoms with E-state index >= 15 is 0 Å². The minimum atomic E-state index is -2.50. The molecule has 0 aliphatic rings. The lowest BCUT2D eigenvalue weighted by atomic mass is 10.5. The summed E-state index contributed by atoms with van der Waals surface area (Å²) >= 11 is 0. The van der Waals surface area contributed by atoms with Crippen molar-refractivity contribution < 1.29 is 26.4 Å². The third-order valence-corrected chi connectivity index (χ3v) is 3.37. The monoisotopic (exact) mass is 248 g/mol. The highest BCUT2D eigenvalue weighted by atomic mass is 28.4. The molecule has 0 fully saturated rings. The van der Waals surface area contributed by atoms with E-state index in [9.17, 15) is 17.6 Å². The molecule has 0 amide bonds. The van der Waals surface area contributed by atoms with Crippen LogP contribution in [0, 0.1) is 0 Å². The van der Waals surface area contributed by atoms with Crippen molar-refractivity contribution in [2.75, 3.05) is 13.2 Å². The fraction of sp³-hybridized carbons (Fsp3) is 1.00. The summed E-state index contributed by atoms with van der Waals surface area (Å²) in [5.74, 6) is 0. The topological polar surface area (TPSA) is 18.5 Å². The molecule has 2 nitrogen and oxygen atoms in total. The number of halogens is 4. The highest BCUT2D eigenvalue weighted by molar-refractivity contribution is 6.64. The van der Waals surface area contributed by atoms with Gasteiger partial charge in [0.1, 0.15) is 0 Å². The number of hydrogen-bond donors (Lipinski definition) is 0. The molecule has 0 N–H and O–H groups in total. The second-order valence-electron chi connectivity index (χ2n) is 3.46. The van der Waals surface area contributed by atoms with Gasteiger partial charge in [0.05, 0.1) is 0 Å². The average Bonchev–Trinajstić information content (AvgIpc) is 2.01. The van der Waals surface area contributed by atoms with E-state index in [0.29, 0.717) is 0 Å². The van der Waals surface area contributed by atoms with Gasteiger partial charge in [-0.05, 0) is 13.1 Å². The van der Waals surface area contributed by atoms with E-state index in [0.717, 1.165) is 0 Å². The molecule has 0 bridgehead atoms. The second kappa shape index (κ2) is 7.18. The second-order valence-corrected chi connectivity index (χ2v) is 6.83. The molecule has 0 aliphatic carbocycles. The van der Waals surface area contributed by atoms with Gasteiger partial charge in [0.2, 0.25) is 12.9 Å². The molecular weight excluding hydrogens is 232 g/mol. The summed E-state index contributed by atoms with van der Waals surface area (Å²) in [6.07, 6.45) is -5.52. The van der Waals surface area contributed by atoms with E-state index in [2.05, 4.69) is 0 Å². The summed E-state index contributed by atoms with van der Waals surface area (Å²) in [5, 5.41) is 0. The summed E-state index contributed by atoms with van der Waals surface area (Å²) < 4.78 is 57.3. The fourth-order valence-corrected chi connectivity index (χ4v) is 2.13. The highest BCUT2D eigenvalue weighted by Crippen LogP contribution is 2.10. The third kappa shape index (κ3) is 10.1. The zero-order valence-electron chi connectivity index (χ0n) is 8.81. The molecule has 92 valence electrons. The van der Waals surface area contributed by atoms with Crippen LogP contribution in [0.25, 0.3) is 0 Å². The molecule has 0 spiro atoms. The van der Waals surface area contributed by atoms with E-state index in [4.69, 9.17) is 8.85 Å². The van der Waals surface area contributed by atoms with Gasteiger partial charge in [-0.3, -0.25) is 0 Å². The quantitative estimate of drug-likeness (QED) is 0.485. The number of hydrogen-bond acceptors (Lipinski definition) is 2. The highest BCUT2D eigenvalue weighted by Gasteiger charge is 2.25. The standard InChI is InChI=1S/C8H16F4O2Si/c1-15(2,13-5-3-7(9)10)14-6-4-8(11)12/h7-8H,3-6H2,1-2H3. The molecule has 0 atom stereocenters. The van der Waals surface area contributed by atoms with Gasteiger partial charge < -0.3 is 8.85 Å². The van der Waals surface area contributed by atoms with Gasteiger partial charge in [-0.2, -0.15) is 0 Å². The fourth-order valence-electron chi connectivity index (χ4n) is 0.829. The Balaban J connectivity index is 3.57. The van der Waals surface area contributed by atoms with Crippen molar-refractivity contribution >= 4 is 8.56 Å². The zero-order valence-corrected chi connectivity index (χ0v) is 9.81. The van der Waals surface area contributed by atoms with Gasteiger partial charge in [-0.15, -0.1) is 0 Å². The van der Waals surface area contributed by atoms with Crippen molar-refractivity contribution in [2.24, 2.45) is 0 Å². The van der Waals surface area contributed by atoms with Gasteiger partial charge in [0.25, 0.3) is 0 Å². The first-order valence-electron chi connectivity index (χ1n) is 4.67. The first-order valence-corrected chi connectivity index (χ1v) is 7.49. The Morgan fingerprint density at radius 3 is 1.47 bits per heavy atom. The normalized spacial score (nSPS) is 12.8. The lowest BCUT2D eigenvalue weighted by molar-refractivity contribution is 0.0827. The smallest absolute Gasteiger partial charge is 0.331 e. The van der Waals surface area contributed by atoms with E-state index in [1.165, 1.54) is 0 Å². The maximum absolute atomic E-state index is 11.8. The molecule has 7 heteroatoms. The summed E-state index contributed by atoms with van der Waals surface area (Å²) in [7, 11) is -2.50. The molecule has 0 radical (unpaired) electrons. The lowest BCUT2D eigenvalue weighted by Crippen LogP contribution is -2.36. The van der Waals surface area contributed by atoms with Crippen LogP contribution in [0.3, 0.4) is 0 Å². The van der Waals surface area contributed by atoms with Crippen molar-refractivity contribution in [3.8, 4) is 0 Å². The Hall–Kier alpha value is -0.143. The SMILES string of the molecule is C[Si](C)(OCCC(F)F)OCCC(F)F. The van der Waals surface area contributed by atoms with Crippen LogP contribution in [-0.4, -0.2) is 34.6 Å². The molecule has 0 saturated heterocycles. The maximum atomic E-state index is 11.8. The van der Waals surface area contributed by atoms with Gasteiger partial charge in [-0.1, -0.05) is 0 Å². The van der Waals surface area contributed by atoms with E-state index in [-0.39, 0.29) is 26.1 Å². The molecule has 15 heavy (non-hydrogen) atoms. The van der Waals surface area contributed by atoms with Gasteiger partial charge in [0.15, 0.2) is 0 Å². The van der Waals surface area contributed by atoms with Crippen LogP contribution in [0.5, 0.6) is 0 Å². The molecule has 0 heterocycles. The summed E-state index contributed by atoms with van der Waals surface area (Å²) in [5.41, 5.74) is 0. The minimum absolute atomic E-state index is 0.0917. The van der Waals surface area contributed by atoms with Gasteiger partial charge in [-0.25, -0.2) is 17.6 Å². The van der Waals surface area contributed by atoms with Crippen LogP contribution in [0.1, 0.15) is 12.8 Å². The molecule has 0 rings (SSSR count). The lowest BCUT2D eigenvalue weighted by Gasteiger charge is -2.22. The predicted molar refractivity (Wildman–Crippen MR) is 50.6 cm³/mol. The average molecular weight is 248 g/mol. The molecule has 0 aromatic heterocycles. The van der Waals surface area contributed by atoms with Crippen LogP contribution in [-0.2, 0) is 8.85 Å². The Morgan fingerprint density at radius 1 is 0.867 bits per heavy atom. The molecule has 0 aliphatic heterocycles. The van der Waals surface area contributed by atoms with E-state index in [1.807, 2.05) is 0 Å². The Kier molecular flexibility index (Phi) is 7.11. The molecular formula is C8H16F4O2Si. The first-order chi connectivity index (χ1) is 6.83. The van der Waals surface area contributed by atoms with Crippen LogP contribution in [0.2, 0.25) is 13.1 Å². The van der Waals surface area contributed by atoms with Crippen molar-refractivity contribution in [3.05, 3.63) is 0 Å². The maximum Gasteiger partial charge on any atom is 0.331 e. The number of alkyl halides is 4. The van der Waals surface area contributed by atoms with Gasteiger partial charge >= 0.3 is 8.56 Å². The third-order valence-electron chi connectivity index (χ3n) is 1.57. The molecule has 0 saturated carbocycles.